The zero-order valence-corrected chi connectivity index (χ0v) is 17.9. The van der Waals surface area contributed by atoms with Gasteiger partial charge >= 0.3 is 0 Å². The van der Waals surface area contributed by atoms with Gasteiger partial charge in [-0.25, -0.2) is 0 Å². The number of hydrogen-bond donors (Lipinski definition) is 1. The van der Waals surface area contributed by atoms with Crippen molar-refractivity contribution in [3.63, 3.8) is 0 Å². The first kappa shape index (κ1) is 19.4. The molecule has 0 aromatic heterocycles. The number of ether oxygens (including phenoxy) is 1. The molecule has 2 aliphatic rings. The van der Waals surface area contributed by atoms with Crippen LogP contribution in [0, 0.1) is 0 Å². The van der Waals surface area contributed by atoms with Crippen LogP contribution in [0.15, 0.2) is 79.4 Å². The second-order valence-electron chi connectivity index (χ2n) is 8.65. The summed E-state index contributed by atoms with van der Waals surface area (Å²) < 4.78 is 6.84. The molecule has 31 heavy (non-hydrogen) atoms. The molecule has 4 heteroatoms. The number of rotatable bonds is 4. The van der Waals surface area contributed by atoms with E-state index in [1.807, 2.05) is 30.3 Å². The van der Waals surface area contributed by atoms with E-state index in [4.69, 9.17) is 4.74 Å². The lowest BCUT2D eigenvalue weighted by atomic mass is 9.76. The number of benzene rings is 3. The van der Waals surface area contributed by atoms with Crippen LogP contribution < -0.4 is 15.0 Å². The first-order chi connectivity index (χ1) is 15.0. The number of nitrogens with one attached hydrogen (secondary N) is 1. The van der Waals surface area contributed by atoms with Crippen molar-refractivity contribution in [3.8, 4) is 5.75 Å². The van der Waals surface area contributed by atoms with Crippen LogP contribution in [0.1, 0.15) is 25.0 Å². The van der Waals surface area contributed by atoms with E-state index in [-0.39, 0.29) is 17.9 Å². The van der Waals surface area contributed by atoms with Crippen LogP contribution in [0.25, 0.3) is 16.8 Å². The number of nitrogens with zero attached hydrogens (tertiary/aromatic N) is 1. The molecule has 0 saturated carbocycles. The van der Waals surface area contributed by atoms with Crippen molar-refractivity contribution in [3.05, 3.63) is 90.5 Å². The molecule has 3 aromatic carbocycles. The van der Waals surface area contributed by atoms with Crippen molar-refractivity contribution >= 4 is 28.4 Å². The Labute approximate surface area is 182 Å². The van der Waals surface area contributed by atoms with Gasteiger partial charge in [0.25, 0.3) is 0 Å². The fraction of sp³-hybridized carbons (Fsp3) is 0.222. The zero-order chi connectivity index (χ0) is 21.6. The number of amides is 1. The third-order valence-corrected chi connectivity index (χ3v) is 6.58. The Morgan fingerprint density at radius 3 is 2.71 bits per heavy atom. The Balaban J connectivity index is 1.64. The van der Waals surface area contributed by atoms with Crippen molar-refractivity contribution in [2.45, 2.75) is 25.0 Å². The summed E-state index contributed by atoms with van der Waals surface area (Å²) >= 11 is 0. The lowest BCUT2D eigenvalue weighted by molar-refractivity contribution is -0.120. The highest BCUT2D eigenvalue weighted by Gasteiger charge is 2.59. The van der Waals surface area contributed by atoms with Crippen molar-refractivity contribution in [1.29, 1.82) is 0 Å². The van der Waals surface area contributed by atoms with Crippen LogP contribution in [-0.2, 0) is 10.2 Å². The summed E-state index contributed by atoms with van der Waals surface area (Å²) in [5.74, 6) is 0.770. The summed E-state index contributed by atoms with van der Waals surface area (Å²) in [6.45, 7) is 8.70. The number of para-hydroxylation sites is 1. The second kappa shape index (κ2) is 7.02. The lowest BCUT2D eigenvalue weighted by Gasteiger charge is -2.47. The van der Waals surface area contributed by atoms with Crippen molar-refractivity contribution < 1.29 is 9.53 Å². The molecule has 1 spiro atoms. The number of hydrogen-bond acceptors (Lipinski definition) is 3. The molecule has 0 fully saturated rings. The summed E-state index contributed by atoms with van der Waals surface area (Å²) in [6.07, 6.45) is 5.97. The largest absolute Gasteiger partial charge is 0.463 e. The third-order valence-electron chi connectivity index (χ3n) is 6.58. The molecular weight excluding hydrogens is 384 g/mol. The van der Waals surface area contributed by atoms with Crippen LogP contribution >= 0.6 is 0 Å². The molecule has 156 valence electrons. The molecule has 1 N–H and O–H groups in total. The molecule has 3 aromatic rings. The number of fused-ring (bicyclic) bond motifs is 4. The van der Waals surface area contributed by atoms with E-state index in [1.54, 1.807) is 6.08 Å². The molecule has 2 heterocycles. The Morgan fingerprint density at radius 2 is 1.87 bits per heavy atom. The first-order valence-corrected chi connectivity index (χ1v) is 10.6. The summed E-state index contributed by atoms with van der Waals surface area (Å²) in [6, 6.07) is 20.7. The van der Waals surface area contributed by atoms with Gasteiger partial charge in [0.2, 0.25) is 11.6 Å². The SMILES string of the molecule is C=CCNC(=O)CN1c2ccccc2C(C)(C)C12C=Cc1c(ccc3ccccc13)O2. The average molecular weight is 411 g/mol. The zero-order valence-electron chi connectivity index (χ0n) is 17.9. The summed E-state index contributed by atoms with van der Waals surface area (Å²) in [4.78, 5) is 14.8. The second-order valence-corrected chi connectivity index (χ2v) is 8.65. The van der Waals surface area contributed by atoms with Gasteiger partial charge in [0.05, 0.1) is 5.41 Å². The Kier molecular flexibility index (Phi) is 4.40. The number of carbonyl (C=O) groups is 1. The van der Waals surface area contributed by atoms with E-state index in [0.29, 0.717) is 6.54 Å². The minimum atomic E-state index is -0.808. The smallest absolute Gasteiger partial charge is 0.239 e. The van der Waals surface area contributed by atoms with Gasteiger partial charge in [0.1, 0.15) is 12.3 Å². The Bertz CT molecular complexity index is 1230. The molecule has 4 nitrogen and oxygen atoms in total. The molecule has 0 saturated heterocycles. The molecule has 1 atom stereocenters. The maximum atomic E-state index is 12.7. The number of anilines is 1. The van der Waals surface area contributed by atoms with Gasteiger partial charge in [-0.15, -0.1) is 6.58 Å². The quantitative estimate of drug-likeness (QED) is 0.613. The van der Waals surface area contributed by atoms with Crippen molar-refractivity contribution in [2.75, 3.05) is 18.0 Å². The molecule has 0 aliphatic carbocycles. The molecule has 2 aliphatic heterocycles. The first-order valence-electron chi connectivity index (χ1n) is 10.6. The third kappa shape index (κ3) is 2.78. The molecule has 0 radical (unpaired) electrons. The fourth-order valence-corrected chi connectivity index (χ4v) is 4.95. The standard InChI is InChI=1S/C27H26N2O2/c1-4-17-28-25(30)18-29-23-12-8-7-11-22(23)26(2,3)27(29)16-15-21-20-10-6-5-9-19(20)13-14-24(21)31-27/h4-16H,1,17-18H2,2-3H3,(H,28,30). The van der Waals surface area contributed by atoms with Crippen molar-refractivity contribution in [2.24, 2.45) is 0 Å². The predicted octanol–water partition coefficient (Wildman–Crippen LogP) is 5.04. The van der Waals surface area contributed by atoms with Gasteiger partial charge in [-0.3, -0.25) is 4.79 Å². The molecule has 1 unspecified atom stereocenters. The van der Waals surface area contributed by atoms with Gasteiger partial charge in [-0.2, -0.15) is 0 Å². The van der Waals surface area contributed by atoms with Crippen LogP contribution in [0.5, 0.6) is 5.75 Å². The van der Waals surface area contributed by atoms with Gasteiger partial charge in [0.15, 0.2) is 0 Å². The predicted molar refractivity (Wildman–Crippen MR) is 126 cm³/mol. The molecule has 0 bridgehead atoms. The molecule has 5 rings (SSSR count). The van der Waals surface area contributed by atoms with E-state index < -0.39 is 5.72 Å². The lowest BCUT2D eigenvalue weighted by Crippen LogP contribution is -2.61. The van der Waals surface area contributed by atoms with Crippen LogP contribution in [0.2, 0.25) is 0 Å². The monoisotopic (exact) mass is 410 g/mol. The van der Waals surface area contributed by atoms with E-state index >= 15 is 0 Å². The minimum Gasteiger partial charge on any atom is -0.463 e. The topological polar surface area (TPSA) is 41.6 Å². The maximum Gasteiger partial charge on any atom is 0.239 e. The summed E-state index contributed by atoms with van der Waals surface area (Å²) in [5, 5.41) is 5.25. The Hall–Kier alpha value is -3.53. The highest BCUT2D eigenvalue weighted by Crippen LogP contribution is 2.55. The van der Waals surface area contributed by atoms with Gasteiger partial charge in [0, 0.05) is 17.8 Å². The molecular formula is C27H26N2O2. The van der Waals surface area contributed by atoms with E-state index in [0.717, 1.165) is 22.4 Å². The van der Waals surface area contributed by atoms with Crippen LogP contribution in [0.3, 0.4) is 0 Å². The van der Waals surface area contributed by atoms with E-state index in [1.165, 1.54) is 10.9 Å². The molecule has 1 amide bonds. The van der Waals surface area contributed by atoms with Crippen LogP contribution in [-0.4, -0.2) is 24.7 Å². The maximum absolute atomic E-state index is 12.7. The number of carbonyl (C=O) groups excluding carboxylic acids is 1. The van der Waals surface area contributed by atoms with Gasteiger partial charge in [-0.05, 0) is 54.5 Å². The summed E-state index contributed by atoms with van der Waals surface area (Å²) in [7, 11) is 0. The summed E-state index contributed by atoms with van der Waals surface area (Å²) in [5.41, 5.74) is 2.09. The highest BCUT2D eigenvalue weighted by atomic mass is 16.5. The van der Waals surface area contributed by atoms with Gasteiger partial charge in [-0.1, -0.05) is 54.6 Å². The van der Waals surface area contributed by atoms with Crippen molar-refractivity contribution in [1.82, 2.24) is 5.32 Å². The van der Waals surface area contributed by atoms with E-state index in [9.17, 15) is 4.79 Å². The fourth-order valence-electron chi connectivity index (χ4n) is 4.95. The van der Waals surface area contributed by atoms with E-state index in [2.05, 4.69) is 73.1 Å². The van der Waals surface area contributed by atoms with Crippen LogP contribution in [0.4, 0.5) is 5.69 Å². The van der Waals surface area contributed by atoms with Gasteiger partial charge < -0.3 is 15.0 Å². The Morgan fingerprint density at radius 1 is 1.10 bits per heavy atom. The highest BCUT2D eigenvalue weighted by molar-refractivity contribution is 5.94. The normalized spacial score (nSPS) is 20.3. The average Bonchev–Trinajstić information content (AvgIpc) is 2.96. The minimum absolute atomic E-state index is 0.0620.